The Kier molecular flexibility index (Phi) is 8.84. The quantitative estimate of drug-likeness (QED) is 0.404. The third-order valence-corrected chi connectivity index (χ3v) is 5.53. The number of esters is 2. The van der Waals surface area contributed by atoms with Crippen LogP contribution in [0.25, 0.3) is 0 Å². The van der Waals surface area contributed by atoms with Crippen LogP contribution in [0.4, 0.5) is 13.2 Å². The molecule has 1 fully saturated rings. The Morgan fingerprint density at radius 2 is 1.82 bits per heavy atom. The van der Waals surface area contributed by atoms with Gasteiger partial charge < -0.3 is 19.3 Å². The molecule has 8 nitrogen and oxygen atoms in total. The molecule has 1 aliphatic rings. The fourth-order valence-corrected chi connectivity index (χ4v) is 3.87. The van der Waals surface area contributed by atoms with Crippen molar-refractivity contribution in [2.45, 2.75) is 51.7 Å². The Hall–Kier alpha value is -3.11. The van der Waals surface area contributed by atoms with Crippen LogP contribution < -0.4 is 0 Å². The number of likely N-dealkylation sites (tertiary alicyclic amines) is 1. The van der Waals surface area contributed by atoms with Crippen LogP contribution in [0.3, 0.4) is 0 Å². The number of ether oxygens (including phenoxy) is 2. The van der Waals surface area contributed by atoms with E-state index in [-0.39, 0.29) is 24.8 Å². The van der Waals surface area contributed by atoms with E-state index >= 15 is 0 Å². The van der Waals surface area contributed by atoms with Crippen LogP contribution in [0.1, 0.15) is 38.7 Å². The molecule has 0 aliphatic carbocycles. The number of hydrogen-bond donors (Lipinski definition) is 0. The molecule has 11 heteroatoms. The molecule has 182 valence electrons. The highest BCUT2D eigenvalue weighted by Crippen LogP contribution is 2.27. The van der Waals surface area contributed by atoms with Gasteiger partial charge in [-0.05, 0) is 18.4 Å². The largest absolute Gasteiger partial charge is 0.468 e. The van der Waals surface area contributed by atoms with Crippen molar-refractivity contribution in [3.63, 3.8) is 0 Å². The molecule has 1 aliphatic heterocycles. The van der Waals surface area contributed by atoms with Crippen LogP contribution in [-0.2, 0) is 35.2 Å². The average Bonchev–Trinajstić information content (AvgIpc) is 3.09. The van der Waals surface area contributed by atoms with Gasteiger partial charge in [0.05, 0.1) is 14.2 Å². The van der Waals surface area contributed by atoms with Gasteiger partial charge in [-0.15, -0.1) is 0 Å². The zero-order chi connectivity index (χ0) is 24.9. The summed E-state index contributed by atoms with van der Waals surface area (Å²) in [7, 11) is 2.29. The van der Waals surface area contributed by atoms with Gasteiger partial charge in [0.2, 0.25) is 11.8 Å². The molecule has 2 rings (SSSR count). The summed E-state index contributed by atoms with van der Waals surface area (Å²) in [6.07, 6.45) is 0.00195. The molecular formula is C22H27F3N2O6. The van der Waals surface area contributed by atoms with Gasteiger partial charge in [-0.25, -0.2) is 18.0 Å². The van der Waals surface area contributed by atoms with Crippen molar-refractivity contribution in [2.75, 3.05) is 20.8 Å². The zero-order valence-corrected chi connectivity index (χ0v) is 18.9. The lowest BCUT2D eigenvalue weighted by Crippen LogP contribution is -2.52. The maximum absolute atomic E-state index is 14.1. The van der Waals surface area contributed by atoms with Crippen LogP contribution in [0, 0.1) is 23.4 Å². The van der Waals surface area contributed by atoms with Crippen molar-refractivity contribution in [3.05, 3.63) is 35.1 Å². The SMILES string of the molecule is COC(=O)CN(C(=O)C[C@@H]1CCC(=O)N1Cc1cc(F)cc(F)c1F)[C@H](C(=O)OC)C(C)C. The van der Waals surface area contributed by atoms with E-state index in [0.29, 0.717) is 6.07 Å². The molecule has 1 saturated heterocycles. The standard InChI is InChI=1S/C22H27F3N2O6/c1-12(2)21(22(31)33-4)27(11-19(30)32-3)18(29)9-15-5-6-17(28)26(15)10-13-7-14(23)8-16(24)20(13)25/h7-8,12,15,21H,5-6,9-11H2,1-4H3/t15-,21-/m0/s1. The van der Waals surface area contributed by atoms with Gasteiger partial charge in [-0.3, -0.25) is 14.4 Å². The number of carbonyl (C=O) groups excluding carboxylic acids is 4. The maximum atomic E-state index is 14.1. The first kappa shape index (κ1) is 26.1. The van der Waals surface area contributed by atoms with E-state index in [4.69, 9.17) is 4.74 Å². The number of halogens is 3. The molecule has 0 unspecified atom stereocenters. The second-order valence-electron chi connectivity index (χ2n) is 8.09. The summed E-state index contributed by atoms with van der Waals surface area (Å²) in [5, 5.41) is 0. The molecule has 0 N–H and O–H groups in total. The van der Waals surface area contributed by atoms with Gasteiger partial charge in [-0.2, -0.15) is 0 Å². The van der Waals surface area contributed by atoms with Gasteiger partial charge in [0.15, 0.2) is 11.6 Å². The molecule has 1 aromatic rings. The minimum Gasteiger partial charge on any atom is -0.468 e. The number of hydrogen-bond acceptors (Lipinski definition) is 6. The normalized spacial score (nSPS) is 16.7. The topological polar surface area (TPSA) is 93.2 Å². The van der Waals surface area contributed by atoms with Crippen molar-refractivity contribution in [1.29, 1.82) is 0 Å². The average molecular weight is 472 g/mol. The highest BCUT2D eigenvalue weighted by Gasteiger charge is 2.39. The van der Waals surface area contributed by atoms with Crippen LogP contribution in [0.2, 0.25) is 0 Å². The molecule has 33 heavy (non-hydrogen) atoms. The summed E-state index contributed by atoms with van der Waals surface area (Å²) in [6.45, 7) is 2.40. The van der Waals surface area contributed by atoms with E-state index in [1.54, 1.807) is 13.8 Å². The molecule has 1 heterocycles. The fourth-order valence-electron chi connectivity index (χ4n) is 3.87. The van der Waals surface area contributed by atoms with E-state index in [1.165, 1.54) is 4.90 Å². The van der Waals surface area contributed by atoms with Crippen molar-refractivity contribution in [2.24, 2.45) is 5.92 Å². The van der Waals surface area contributed by atoms with E-state index in [0.717, 1.165) is 25.2 Å². The lowest BCUT2D eigenvalue weighted by atomic mass is 10.0. The summed E-state index contributed by atoms with van der Waals surface area (Å²) in [4.78, 5) is 52.0. The number of rotatable bonds is 9. The first-order valence-electron chi connectivity index (χ1n) is 10.4. The van der Waals surface area contributed by atoms with Crippen molar-refractivity contribution in [3.8, 4) is 0 Å². The number of carbonyl (C=O) groups is 4. The minimum atomic E-state index is -1.38. The van der Waals surface area contributed by atoms with Gasteiger partial charge >= 0.3 is 11.9 Å². The van der Waals surface area contributed by atoms with E-state index < -0.39 is 72.3 Å². The Balaban J connectivity index is 2.28. The molecule has 0 spiro atoms. The van der Waals surface area contributed by atoms with Crippen LogP contribution in [0.15, 0.2) is 12.1 Å². The number of benzene rings is 1. The van der Waals surface area contributed by atoms with Crippen LogP contribution in [-0.4, -0.2) is 66.4 Å². The van der Waals surface area contributed by atoms with Gasteiger partial charge in [-0.1, -0.05) is 13.8 Å². The lowest BCUT2D eigenvalue weighted by molar-refractivity contribution is -0.159. The van der Waals surface area contributed by atoms with E-state index in [2.05, 4.69) is 4.74 Å². The van der Waals surface area contributed by atoms with Gasteiger partial charge in [0, 0.05) is 37.1 Å². The first-order chi connectivity index (χ1) is 15.5. The number of methoxy groups -OCH3 is 2. The zero-order valence-electron chi connectivity index (χ0n) is 18.9. The number of amides is 2. The maximum Gasteiger partial charge on any atom is 0.328 e. The predicted molar refractivity (Wildman–Crippen MR) is 109 cm³/mol. The smallest absolute Gasteiger partial charge is 0.328 e. The Bertz CT molecular complexity index is 924. The van der Waals surface area contributed by atoms with E-state index in [1.807, 2.05) is 0 Å². The Labute approximate surface area is 189 Å². The molecular weight excluding hydrogens is 445 g/mol. The first-order valence-corrected chi connectivity index (χ1v) is 10.4. The molecule has 0 radical (unpaired) electrons. The second kappa shape index (κ2) is 11.2. The fraction of sp³-hybridized carbons (Fsp3) is 0.545. The van der Waals surface area contributed by atoms with Crippen LogP contribution >= 0.6 is 0 Å². The summed E-state index contributed by atoms with van der Waals surface area (Å²) in [6, 6.07) is -0.614. The van der Waals surface area contributed by atoms with Crippen molar-refractivity contribution < 1.29 is 41.8 Å². The molecule has 0 saturated carbocycles. The molecule has 0 bridgehead atoms. The van der Waals surface area contributed by atoms with Crippen LogP contribution in [0.5, 0.6) is 0 Å². The highest BCUT2D eigenvalue weighted by molar-refractivity contribution is 5.89. The molecule has 2 amide bonds. The predicted octanol–water partition coefficient (Wildman–Crippen LogP) is 2.18. The van der Waals surface area contributed by atoms with Crippen molar-refractivity contribution in [1.82, 2.24) is 9.80 Å². The summed E-state index contributed by atoms with van der Waals surface area (Å²) < 4.78 is 50.7. The lowest BCUT2D eigenvalue weighted by Gasteiger charge is -2.33. The van der Waals surface area contributed by atoms with Crippen molar-refractivity contribution >= 4 is 23.8 Å². The third kappa shape index (κ3) is 6.23. The van der Waals surface area contributed by atoms with Gasteiger partial charge in [0.1, 0.15) is 18.4 Å². The molecule has 1 aromatic carbocycles. The third-order valence-electron chi connectivity index (χ3n) is 5.53. The number of nitrogens with zero attached hydrogens (tertiary/aromatic N) is 2. The van der Waals surface area contributed by atoms with E-state index in [9.17, 15) is 32.3 Å². The Morgan fingerprint density at radius 3 is 2.39 bits per heavy atom. The Morgan fingerprint density at radius 1 is 1.15 bits per heavy atom. The summed E-state index contributed by atoms with van der Waals surface area (Å²) in [5.74, 6) is -6.58. The molecule has 2 atom stereocenters. The van der Waals surface area contributed by atoms with Gasteiger partial charge in [0.25, 0.3) is 0 Å². The second-order valence-corrected chi connectivity index (χ2v) is 8.09. The monoisotopic (exact) mass is 472 g/mol. The molecule has 0 aromatic heterocycles. The minimum absolute atomic E-state index is 0.0545. The highest BCUT2D eigenvalue weighted by atomic mass is 19.2. The summed E-state index contributed by atoms with van der Waals surface area (Å²) in [5.41, 5.74) is -0.360. The summed E-state index contributed by atoms with van der Waals surface area (Å²) >= 11 is 0.